The Kier molecular flexibility index (Phi) is 4.71. The van der Waals surface area contributed by atoms with Gasteiger partial charge in [-0.2, -0.15) is 0 Å². The second kappa shape index (κ2) is 6.12. The highest BCUT2D eigenvalue weighted by molar-refractivity contribution is 5.68. The Labute approximate surface area is 116 Å². The molecule has 2 rings (SSSR count). The minimum Gasteiger partial charge on any atom is -0.444 e. The molecule has 1 saturated heterocycles. The summed E-state index contributed by atoms with van der Waals surface area (Å²) in [5.41, 5.74) is -0.399. The third kappa shape index (κ3) is 5.39. The van der Waals surface area contributed by atoms with Crippen molar-refractivity contribution in [3.8, 4) is 0 Å². The molecule has 1 aliphatic carbocycles. The summed E-state index contributed by atoms with van der Waals surface area (Å²) in [7, 11) is 0. The quantitative estimate of drug-likeness (QED) is 0.852. The van der Waals surface area contributed by atoms with E-state index in [4.69, 9.17) is 4.74 Å². The van der Waals surface area contributed by atoms with Crippen LogP contribution in [0.5, 0.6) is 0 Å². The molecular weight excluding hydrogens is 240 g/mol. The zero-order valence-corrected chi connectivity index (χ0v) is 12.6. The second-order valence-corrected chi connectivity index (χ2v) is 7.04. The summed E-state index contributed by atoms with van der Waals surface area (Å²) < 4.78 is 5.54. The van der Waals surface area contributed by atoms with E-state index in [1.807, 2.05) is 25.7 Å². The first kappa shape index (κ1) is 14.6. The number of piperidine rings is 1. The van der Waals surface area contributed by atoms with Crippen molar-refractivity contribution in [2.24, 2.45) is 11.8 Å². The lowest BCUT2D eigenvalue weighted by molar-refractivity contribution is 0.0203. The van der Waals surface area contributed by atoms with Gasteiger partial charge in [-0.05, 0) is 71.4 Å². The van der Waals surface area contributed by atoms with Crippen LogP contribution < -0.4 is 5.32 Å². The first-order valence-electron chi connectivity index (χ1n) is 7.63. The van der Waals surface area contributed by atoms with Crippen LogP contribution in [0.25, 0.3) is 0 Å². The third-order valence-electron chi connectivity index (χ3n) is 3.70. The van der Waals surface area contributed by atoms with Gasteiger partial charge in [-0.1, -0.05) is 0 Å². The van der Waals surface area contributed by atoms with Gasteiger partial charge in [-0.15, -0.1) is 0 Å². The molecule has 1 aliphatic heterocycles. The van der Waals surface area contributed by atoms with Crippen molar-refractivity contribution in [1.82, 2.24) is 10.2 Å². The standard InChI is InChI=1S/C15H28N2O2/c1-15(2,3)19-14(18)17(10-12-6-7-12)11-13-5-4-8-16-9-13/h12-13,16H,4-11H2,1-3H3/t13-/m1/s1. The Hall–Kier alpha value is -0.770. The van der Waals surface area contributed by atoms with Crippen LogP contribution in [-0.2, 0) is 4.74 Å². The lowest BCUT2D eigenvalue weighted by Crippen LogP contribution is -2.44. The number of rotatable bonds is 4. The highest BCUT2D eigenvalue weighted by atomic mass is 16.6. The van der Waals surface area contributed by atoms with Crippen LogP contribution in [0.4, 0.5) is 4.79 Å². The van der Waals surface area contributed by atoms with E-state index in [0.717, 1.165) is 26.2 Å². The van der Waals surface area contributed by atoms with Crippen molar-refractivity contribution < 1.29 is 9.53 Å². The molecule has 4 heteroatoms. The van der Waals surface area contributed by atoms with Gasteiger partial charge in [0.25, 0.3) is 0 Å². The number of ether oxygens (including phenoxy) is 1. The monoisotopic (exact) mass is 268 g/mol. The summed E-state index contributed by atoms with van der Waals surface area (Å²) >= 11 is 0. The average molecular weight is 268 g/mol. The van der Waals surface area contributed by atoms with E-state index in [9.17, 15) is 4.79 Å². The molecule has 110 valence electrons. The molecule has 4 nitrogen and oxygen atoms in total. The minimum absolute atomic E-state index is 0.134. The van der Waals surface area contributed by atoms with Gasteiger partial charge in [0.05, 0.1) is 0 Å². The van der Waals surface area contributed by atoms with Crippen molar-refractivity contribution in [1.29, 1.82) is 0 Å². The normalized spacial score (nSPS) is 24.1. The minimum atomic E-state index is -0.399. The van der Waals surface area contributed by atoms with Crippen LogP contribution in [0.1, 0.15) is 46.5 Å². The molecule has 0 unspecified atom stereocenters. The molecule has 2 fully saturated rings. The van der Waals surface area contributed by atoms with Gasteiger partial charge in [0, 0.05) is 13.1 Å². The second-order valence-electron chi connectivity index (χ2n) is 7.04. The molecule has 0 bridgehead atoms. The summed E-state index contributed by atoms with van der Waals surface area (Å²) in [5.74, 6) is 1.30. The van der Waals surface area contributed by atoms with E-state index in [2.05, 4.69) is 5.32 Å². The van der Waals surface area contributed by atoms with E-state index in [1.54, 1.807) is 0 Å². The molecule has 1 heterocycles. The fourth-order valence-electron chi connectivity index (χ4n) is 2.55. The highest BCUT2D eigenvalue weighted by Crippen LogP contribution is 2.30. The smallest absolute Gasteiger partial charge is 0.410 e. The summed E-state index contributed by atoms with van der Waals surface area (Å²) in [6, 6.07) is 0. The van der Waals surface area contributed by atoms with Crippen molar-refractivity contribution in [3.05, 3.63) is 0 Å². The van der Waals surface area contributed by atoms with Gasteiger partial charge in [0.1, 0.15) is 5.60 Å². The Morgan fingerprint density at radius 1 is 1.21 bits per heavy atom. The van der Waals surface area contributed by atoms with Crippen molar-refractivity contribution in [2.45, 2.75) is 52.1 Å². The fourth-order valence-corrected chi connectivity index (χ4v) is 2.55. The maximum Gasteiger partial charge on any atom is 0.410 e. The maximum atomic E-state index is 12.3. The molecule has 2 aliphatic rings. The number of amides is 1. The van der Waals surface area contributed by atoms with Crippen molar-refractivity contribution in [2.75, 3.05) is 26.2 Å². The van der Waals surface area contributed by atoms with Crippen LogP contribution >= 0.6 is 0 Å². The Morgan fingerprint density at radius 2 is 1.89 bits per heavy atom. The molecule has 1 amide bonds. The molecule has 0 aromatic carbocycles. The van der Waals surface area contributed by atoms with E-state index < -0.39 is 5.60 Å². The largest absolute Gasteiger partial charge is 0.444 e. The third-order valence-corrected chi connectivity index (χ3v) is 3.70. The summed E-state index contributed by atoms with van der Waals surface area (Å²) in [5, 5.41) is 3.42. The van der Waals surface area contributed by atoms with E-state index in [-0.39, 0.29) is 6.09 Å². The summed E-state index contributed by atoms with van der Waals surface area (Å²) in [6.45, 7) is 9.67. The van der Waals surface area contributed by atoms with Gasteiger partial charge in [-0.3, -0.25) is 0 Å². The van der Waals surface area contributed by atoms with Crippen molar-refractivity contribution >= 4 is 6.09 Å². The molecule has 0 aromatic heterocycles. The van der Waals surface area contributed by atoms with Crippen molar-refractivity contribution in [3.63, 3.8) is 0 Å². The Morgan fingerprint density at radius 3 is 2.42 bits per heavy atom. The number of hydrogen-bond donors (Lipinski definition) is 1. The summed E-state index contributed by atoms with van der Waals surface area (Å²) in [6.07, 6.45) is 4.84. The van der Waals surface area contributed by atoms with Crippen LogP contribution in [0.3, 0.4) is 0 Å². The SMILES string of the molecule is CC(C)(C)OC(=O)N(CC1CC1)C[C@@H]1CCCNC1. The maximum absolute atomic E-state index is 12.3. The van der Waals surface area contributed by atoms with Crippen LogP contribution in [0, 0.1) is 11.8 Å². The summed E-state index contributed by atoms with van der Waals surface area (Å²) in [4.78, 5) is 14.2. The van der Waals surface area contributed by atoms with E-state index >= 15 is 0 Å². The van der Waals surface area contributed by atoms with Gasteiger partial charge in [-0.25, -0.2) is 4.79 Å². The first-order valence-corrected chi connectivity index (χ1v) is 7.63. The molecule has 19 heavy (non-hydrogen) atoms. The number of nitrogens with one attached hydrogen (secondary N) is 1. The average Bonchev–Trinajstić information content (AvgIpc) is 3.11. The number of nitrogens with zero attached hydrogens (tertiary/aromatic N) is 1. The van der Waals surface area contributed by atoms with Gasteiger partial charge >= 0.3 is 6.09 Å². The van der Waals surface area contributed by atoms with Gasteiger partial charge in [0.15, 0.2) is 0 Å². The zero-order valence-electron chi connectivity index (χ0n) is 12.6. The zero-order chi connectivity index (χ0) is 13.9. The fraction of sp³-hybridized carbons (Fsp3) is 0.933. The molecule has 1 N–H and O–H groups in total. The van der Waals surface area contributed by atoms with Crippen LogP contribution in [-0.4, -0.2) is 42.8 Å². The number of hydrogen-bond acceptors (Lipinski definition) is 3. The van der Waals surface area contributed by atoms with Crippen LogP contribution in [0.2, 0.25) is 0 Å². The Bertz CT molecular complexity index is 302. The van der Waals surface area contributed by atoms with Gasteiger partial charge in [0.2, 0.25) is 0 Å². The molecule has 1 atom stereocenters. The predicted octanol–water partition coefficient (Wildman–Crippen LogP) is 2.63. The molecule has 0 spiro atoms. The molecule has 0 aromatic rings. The molecule has 0 radical (unpaired) electrons. The lowest BCUT2D eigenvalue weighted by Gasteiger charge is -2.32. The lowest BCUT2D eigenvalue weighted by atomic mass is 9.99. The molecule has 1 saturated carbocycles. The van der Waals surface area contributed by atoms with Gasteiger partial charge < -0.3 is 15.0 Å². The number of carbonyl (C=O) groups is 1. The van der Waals surface area contributed by atoms with E-state index in [0.29, 0.717) is 11.8 Å². The predicted molar refractivity (Wildman–Crippen MR) is 76.1 cm³/mol. The number of carbonyl (C=O) groups excluding carboxylic acids is 1. The highest BCUT2D eigenvalue weighted by Gasteiger charge is 2.31. The van der Waals surface area contributed by atoms with Crippen LogP contribution in [0.15, 0.2) is 0 Å². The molecular formula is C15H28N2O2. The topological polar surface area (TPSA) is 41.6 Å². The van der Waals surface area contributed by atoms with E-state index in [1.165, 1.54) is 25.7 Å². The first-order chi connectivity index (χ1) is 8.94. The Balaban J connectivity index is 1.88.